The fourth-order valence-corrected chi connectivity index (χ4v) is 4.95. The Morgan fingerprint density at radius 2 is 2.00 bits per heavy atom. The van der Waals surface area contributed by atoms with Crippen LogP contribution >= 0.6 is 22.9 Å². The molecule has 4 aromatic rings. The predicted molar refractivity (Wildman–Crippen MR) is 135 cm³/mol. The Morgan fingerprint density at radius 3 is 2.82 bits per heavy atom. The molecule has 33 heavy (non-hydrogen) atoms. The van der Waals surface area contributed by atoms with Gasteiger partial charge in [-0.25, -0.2) is 15.0 Å². The number of nitrogens with zero attached hydrogens (tertiary/aromatic N) is 5. The first-order chi connectivity index (χ1) is 15.9. The predicted octanol–water partition coefficient (Wildman–Crippen LogP) is 4.71. The number of nitrogen functional groups attached to an aromatic ring is 2. The van der Waals surface area contributed by atoms with E-state index in [1.54, 1.807) is 0 Å². The molecule has 1 aliphatic rings. The maximum absolute atomic E-state index is 6.39. The molecular weight excluding hydrogens is 458 g/mol. The Bertz CT molecular complexity index is 1400. The zero-order chi connectivity index (χ0) is 23.1. The van der Waals surface area contributed by atoms with Gasteiger partial charge in [-0.2, -0.15) is 4.98 Å². The standard InChI is InChI=1S/C23H22ClN7OS/c1-3-4-16-19(24)29-22(25)30-20(16)31-5-6-32-18-12(2)7-13(8-15(18)11-31)14-9-17-21(27-10-14)33-23(26)28-17/h3-4,7-10H,5-6,11H2,1-2H3,(H2,26,28)(H2,25,29,30)/b4-3+. The van der Waals surface area contributed by atoms with Gasteiger partial charge in [0, 0.05) is 23.9 Å². The molecule has 168 valence electrons. The molecule has 0 bridgehead atoms. The zero-order valence-electron chi connectivity index (χ0n) is 18.2. The van der Waals surface area contributed by atoms with E-state index in [2.05, 4.69) is 43.9 Å². The Balaban J connectivity index is 1.58. The van der Waals surface area contributed by atoms with Crippen molar-refractivity contribution in [3.05, 3.63) is 52.3 Å². The van der Waals surface area contributed by atoms with Gasteiger partial charge in [0.25, 0.3) is 0 Å². The van der Waals surface area contributed by atoms with Crippen LogP contribution in [-0.2, 0) is 6.54 Å². The van der Waals surface area contributed by atoms with Crippen molar-refractivity contribution in [2.75, 3.05) is 29.5 Å². The Kier molecular flexibility index (Phi) is 5.51. The number of allylic oxidation sites excluding steroid dienone is 1. The molecule has 0 saturated heterocycles. The summed E-state index contributed by atoms with van der Waals surface area (Å²) in [7, 11) is 0. The number of benzene rings is 1. The van der Waals surface area contributed by atoms with Gasteiger partial charge in [0.05, 0.1) is 12.1 Å². The molecule has 3 aromatic heterocycles. The number of thiazole rings is 1. The molecule has 0 amide bonds. The molecule has 0 fully saturated rings. The first kappa shape index (κ1) is 21.4. The summed E-state index contributed by atoms with van der Waals surface area (Å²) in [5, 5.41) is 0.837. The number of fused-ring (bicyclic) bond motifs is 2. The number of ether oxygens (including phenoxy) is 1. The molecule has 8 nitrogen and oxygen atoms in total. The van der Waals surface area contributed by atoms with E-state index in [9.17, 15) is 0 Å². The summed E-state index contributed by atoms with van der Waals surface area (Å²) in [5.74, 6) is 1.71. The van der Waals surface area contributed by atoms with Gasteiger partial charge in [0.1, 0.15) is 33.7 Å². The number of aryl methyl sites for hydroxylation is 1. The van der Waals surface area contributed by atoms with E-state index in [1.807, 2.05) is 31.3 Å². The topological polar surface area (TPSA) is 116 Å². The minimum Gasteiger partial charge on any atom is -0.491 e. The van der Waals surface area contributed by atoms with Crippen LogP contribution in [0, 0.1) is 6.92 Å². The van der Waals surface area contributed by atoms with E-state index in [0.29, 0.717) is 35.8 Å². The lowest BCUT2D eigenvalue weighted by Gasteiger charge is -2.23. The van der Waals surface area contributed by atoms with Gasteiger partial charge in [0.15, 0.2) is 5.13 Å². The number of pyridine rings is 1. The lowest BCUT2D eigenvalue weighted by Crippen LogP contribution is -2.27. The number of nitrogens with two attached hydrogens (primary N) is 2. The van der Waals surface area contributed by atoms with E-state index >= 15 is 0 Å². The summed E-state index contributed by atoms with van der Waals surface area (Å²) < 4.78 is 6.15. The van der Waals surface area contributed by atoms with E-state index in [4.69, 9.17) is 27.8 Å². The molecule has 1 aromatic carbocycles. The molecule has 0 radical (unpaired) electrons. The van der Waals surface area contributed by atoms with Crippen molar-refractivity contribution < 1.29 is 4.74 Å². The summed E-state index contributed by atoms with van der Waals surface area (Å²) in [6, 6.07) is 6.25. The van der Waals surface area contributed by atoms with Crippen LogP contribution in [0.25, 0.3) is 27.6 Å². The molecule has 5 rings (SSSR count). The molecule has 4 heterocycles. The van der Waals surface area contributed by atoms with Crippen LogP contribution in [0.5, 0.6) is 5.75 Å². The van der Waals surface area contributed by atoms with Gasteiger partial charge in [-0.15, -0.1) is 0 Å². The van der Waals surface area contributed by atoms with Gasteiger partial charge in [-0.05, 0) is 43.2 Å². The average Bonchev–Trinajstić information content (AvgIpc) is 3.01. The monoisotopic (exact) mass is 479 g/mol. The summed E-state index contributed by atoms with van der Waals surface area (Å²) in [5.41, 5.74) is 17.4. The summed E-state index contributed by atoms with van der Waals surface area (Å²) >= 11 is 7.77. The second-order valence-corrected chi connectivity index (χ2v) is 9.13. The number of aromatic nitrogens is 4. The number of halogens is 1. The van der Waals surface area contributed by atoms with Gasteiger partial charge < -0.3 is 21.1 Å². The zero-order valence-corrected chi connectivity index (χ0v) is 19.7. The average molecular weight is 480 g/mol. The normalized spacial score (nSPS) is 13.8. The quantitative estimate of drug-likeness (QED) is 0.406. The van der Waals surface area contributed by atoms with Crippen molar-refractivity contribution in [1.29, 1.82) is 0 Å². The van der Waals surface area contributed by atoms with E-state index in [0.717, 1.165) is 43.9 Å². The molecule has 10 heteroatoms. The second-order valence-electron chi connectivity index (χ2n) is 7.76. The fourth-order valence-electron chi connectivity index (χ4n) is 4.06. The fraction of sp³-hybridized carbons (Fsp3) is 0.217. The van der Waals surface area contributed by atoms with E-state index in [-0.39, 0.29) is 5.95 Å². The van der Waals surface area contributed by atoms with Crippen molar-refractivity contribution in [2.45, 2.75) is 20.4 Å². The molecule has 4 N–H and O–H groups in total. The maximum Gasteiger partial charge on any atom is 0.223 e. The van der Waals surface area contributed by atoms with Gasteiger partial charge in [-0.1, -0.05) is 35.1 Å². The van der Waals surface area contributed by atoms with Gasteiger partial charge >= 0.3 is 0 Å². The van der Waals surface area contributed by atoms with E-state index in [1.165, 1.54) is 11.3 Å². The summed E-state index contributed by atoms with van der Waals surface area (Å²) in [4.78, 5) is 20.5. The highest BCUT2D eigenvalue weighted by Gasteiger charge is 2.23. The third kappa shape index (κ3) is 4.05. The van der Waals surface area contributed by atoms with Crippen LogP contribution in [0.2, 0.25) is 5.15 Å². The van der Waals surface area contributed by atoms with Crippen molar-refractivity contribution in [3.63, 3.8) is 0 Å². The number of rotatable bonds is 3. The molecule has 0 atom stereocenters. The van der Waals surface area contributed by atoms with Crippen molar-refractivity contribution in [1.82, 2.24) is 19.9 Å². The number of hydrogen-bond acceptors (Lipinski definition) is 9. The molecule has 0 unspecified atom stereocenters. The Hall–Kier alpha value is -3.43. The van der Waals surface area contributed by atoms with Crippen LogP contribution in [0.15, 0.2) is 30.5 Å². The Labute approximate surface area is 199 Å². The molecule has 0 saturated carbocycles. The highest BCUT2D eigenvalue weighted by Crippen LogP contribution is 2.36. The van der Waals surface area contributed by atoms with Crippen LogP contribution in [0.3, 0.4) is 0 Å². The molecule has 1 aliphatic heterocycles. The van der Waals surface area contributed by atoms with Crippen molar-refractivity contribution >= 4 is 56.3 Å². The first-order valence-electron chi connectivity index (χ1n) is 10.4. The van der Waals surface area contributed by atoms with Crippen LogP contribution in [0.1, 0.15) is 23.6 Å². The smallest absolute Gasteiger partial charge is 0.223 e. The highest BCUT2D eigenvalue weighted by molar-refractivity contribution is 7.21. The van der Waals surface area contributed by atoms with Crippen LogP contribution in [0.4, 0.5) is 16.9 Å². The maximum atomic E-state index is 6.39. The van der Waals surface area contributed by atoms with Crippen molar-refractivity contribution in [3.8, 4) is 16.9 Å². The lowest BCUT2D eigenvalue weighted by molar-refractivity contribution is 0.329. The SMILES string of the molecule is C/C=C/c1c(Cl)nc(N)nc1N1CCOc2c(C)cc(-c3cnc4sc(N)nc4c3)cc2C1. The van der Waals surface area contributed by atoms with Crippen molar-refractivity contribution in [2.24, 2.45) is 0 Å². The lowest BCUT2D eigenvalue weighted by atomic mass is 9.99. The first-order valence-corrected chi connectivity index (χ1v) is 11.6. The minimum atomic E-state index is 0.139. The van der Waals surface area contributed by atoms with Crippen LogP contribution < -0.4 is 21.1 Å². The summed E-state index contributed by atoms with van der Waals surface area (Å²) in [6.45, 7) is 5.70. The van der Waals surface area contributed by atoms with Gasteiger partial charge in [0.2, 0.25) is 5.95 Å². The Morgan fingerprint density at radius 1 is 1.15 bits per heavy atom. The molecule has 0 aliphatic carbocycles. The molecular formula is C23H22ClN7OS. The second kappa shape index (κ2) is 8.49. The number of anilines is 3. The van der Waals surface area contributed by atoms with Crippen LogP contribution in [-0.4, -0.2) is 33.1 Å². The third-order valence-electron chi connectivity index (χ3n) is 5.45. The summed E-state index contributed by atoms with van der Waals surface area (Å²) in [6.07, 6.45) is 5.65. The largest absolute Gasteiger partial charge is 0.491 e. The number of hydrogen-bond donors (Lipinski definition) is 2. The highest BCUT2D eigenvalue weighted by atomic mass is 35.5. The third-order valence-corrected chi connectivity index (χ3v) is 6.54. The van der Waals surface area contributed by atoms with Gasteiger partial charge in [-0.3, -0.25) is 0 Å². The van der Waals surface area contributed by atoms with E-state index < -0.39 is 0 Å². The molecule has 0 spiro atoms. The minimum absolute atomic E-state index is 0.139.